The molecule has 7 nitrogen and oxygen atoms in total. The van der Waals surface area contributed by atoms with E-state index < -0.39 is 9.71 Å². The fourth-order valence-electron chi connectivity index (χ4n) is 5.07. The number of hydrogen-bond acceptors (Lipinski definition) is 6. The molecule has 9 heteroatoms. The number of para-hydroxylation sites is 1. The summed E-state index contributed by atoms with van der Waals surface area (Å²) in [5.41, 5.74) is 4.04. The maximum atomic E-state index is 15.1. The molecule has 228 valence electrons. The van der Waals surface area contributed by atoms with E-state index in [9.17, 15) is 0 Å². The molecule has 41 heavy (non-hydrogen) atoms. The Morgan fingerprint density at radius 2 is 1.95 bits per heavy atom. The normalized spacial score (nSPS) is 19.9. The van der Waals surface area contributed by atoms with Crippen molar-refractivity contribution in [1.82, 2.24) is 9.62 Å². The second kappa shape index (κ2) is 17.6. The largest absolute Gasteiger partial charge is 0.491 e. The van der Waals surface area contributed by atoms with Crippen LogP contribution in [0.2, 0.25) is 5.02 Å². The molecule has 0 aromatic heterocycles. The van der Waals surface area contributed by atoms with Crippen molar-refractivity contribution in [3.63, 3.8) is 0 Å². The van der Waals surface area contributed by atoms with Crippen LogP contribution in [0.15, 0.2) is 48.0 Å². The SMILES string of the molecule is C=O.CC.CCC=S(=O)(C(=C(C)C)c1cc(Cl)cc(NC2CCNC2)c1C)N1CCOC(COc2ccccc2)C1. The molecule has 0 saturated carbocycles. The number of ether oxygens (including phenoxy) is 2. The van der Waals surface area contributed by atoms with Crippen LogP contribution in [0.1, 0.15) is 58.6 Å². The molecule has 0 radical (unpaired) electrons. The topological polar surface area (TPSA) is 79.9 Å². The molecule has 2 aromatic carbocycles. The minimum Gasteiger partial charge on any atom is -0.491 e. The second-order valence-corrected chi connectivity index (χ2v) is 12.8. The molecule has 2 N–H and O–H groups in total. The van der Waals surface area contributed by atoms with Gasteiger partial charge in [-0.2, -0.15) is 0 Å². The van der Waals surface area contributed by atoms with E-state index >= 15 is 4.21 Å². The summed E-state index contributed by atoms with van der Waals surface area (Å²) in [5, 5.41) is 9.69. The maximum Gasteiger partial charge on any atom is 0.119 e. The number of morpholine rings is 1. The third-order valence-corrected chi connectivity index (χ3v) is 10.2. The van der Waals surface area contributed by atoms with Gasteiger partial charge in [-0.25, -0.2) is 8.51 Å². The van der Waals surface area contributed by atoms with Crippen molar-refractivity contribution in [3.05, 3.63) is 64.2 Å². The smallest absolute Gasteiger partial charge is 0.119 e. The molecular formula is C32H48ClN3O4S. The Bertz CT molecular complexity index is 1240. The van der Waals surface area contributed by atoms with Crippen LogP contribution in [0, 0.1) is 6.92 Å². The summed E-state index contributed by atoms with van der Waals surface area (Å²) in [6.45, 7) is 18.2. The highest BCUT2D eigenvalue weighted by molar-refractivity contribution is 8.07. The zero-order chi connectivity index (χ0) is 30.4. The molecule has 2 fully saturated rings. The van der Waals surface area contributed by atoms with E-state index in [1.165, 1.54) is 0 Å². The van der Waals surface area contributed by atoms with Gasteiger partial charge in [0.15, 0.2) is 0 Å². The van der Waals surface area contributed by atoms with Crippen molar-refractivity contribution in [3.8, 4) is 5.75 Å². The van der Waals surface area contributed by atoms with Crippen LogP contribution in [-0.4, -0.2) is 72.2 Å². The molecule has 2 aromatic rings. The van der Waals surface area contributed by atoms with Crippen LogP contribution in [0.5, 0.6) is 5.75 Å². The zero-order valence-corrected chi connectivity index (χ0v) is 27.1. The fraction of sp³-hybridized carbons (Fsp3) is 0.500. The van der Waals surface area contributed by atoms with Gasteiger partial charge in [0.25, 0.3) is 0 Å². The summed E-state index contributed by atoms with van der Waals surface area (Å²) >= 11 is 6.66. The van der Waals surface area contributed by atoms with Crippen LogP contribution in [0.3, 0.4) is 0 Å². The minimum absolute atomic E-state index is 0.175. The van der Waals surface area contributed by atoms with Gasteiger partial charge < -0.3 is 24.9 Å². The Balaban J connectivity index is 0.00000141. The van der Waals surface area contributed by atoms with Crippen molar-refractivity contribution in [2.24, 2.45) is 0 Å². The van der Waals surface area contributed by atoms with Gasteiger partial charge in [0.2, 0.25) is 0 Å². The van der Waals surface area contributed by atoms with E-state index in [2.05, 4.69) is 21.9 Å². The Morgan fingerprint density at radius 3 is 2.56 bits per heavy atom. The summed E-state index contributed by atoms with van der Waals surface area (Å²) in [4.78, 5) is 8.85. The summed E-state index contributed by atoms with van der Waals surface area (Å²) in [7, 11) is -2.68. The predicted octanol–water partition coefficient (Wildman–Crippen LogP) is 6.21. The maximum absolute atomic E-state index is 15.1. The monoisotopic (exact) mass is 605 g/mol. The molecule has 0 spiro atoms. The number of halogens is 1. The summed E-state index contributed by atoms with van der Waals surface area (Å²) in [6.07, 6.45) is 1.58. The molecule has 2 aliphatic heterocycles. The molecule has 0 bridgehead atoms. The number of anilines is 1. The Kier molecular flexibility index (Phi) is 14.9. The average molecular weight is 606 g/mol. The molecule has 2 aliphatic rings. The molecule has 0 amide bonds. The number of rotatable bonds is 9. The molecule has 2 heterocycles. The van der Waals surface area contributed by atoms with E-state index in [4.69, 9.17) is 25.9 Å². The number of benzene rings is 2. The Labute approximate surface area is 252 Å². The van der Waals surface area contributed by atoms with Gasteiger partial charge in [-0.05, 0) is 80.9 Å². The highest BCUT2D eigenvalue weighted by Gasteiger charge is 2.32. The second-order valence-electron chi connectivity index (χ2n) is 9.94. The first-order valence-corrected chi connectivity index (χ1v) is 16.4. The molecular weight excluding hydrogens is 558 g/mol. The van der Waals surface area contributed by atoms with Gasteiger partial charge in [0, 0.05) is 36.4 Å². The number of hydrogen-bond donors (Lipinski definition) is 2. The first kappa shape index (κ1) is 34.8. The predicted molar refractivity (Wildman–Crippen MR) is 176 cm³/mol. The number of allylic oxidation sites excluding steroid dienone is 1. The zero-order valence-electron chi connectivity index (χ0n) is 25.5. The number of nitrogens with zero attached hydrogens (tertiary/aromatic N) is 1. The number of carbonyl (C=O) groups is 1. The van der Waals surface area contributed by atoms with Gasteiger partial charge in [0.05, 0.1) is 21.2 Å². The summed E-state index contributed by atoms with van der Waals surface area (Å²) < 4.78 is 29.2. The van der Waals surface area contributed by atoms with Crippen LogP contribution in [-0.2, 0) is 19.2 Å². The summed E-state index contributed by atoms with van der Waals surface area (Å²) in [5.74, 6) is 0.807. The number of carbonyl (C=O) groups excluding carboxylic acids is 1. The van der Waals surface area contributed by atoms with Crippen LogP contribution in [0.25, 0.3) is 4.91 Å². The van der Waals surface area contributed by atoms with Crippen molar-refractivity contribution < 1.29 is 18.5 Å². The average Bonchev–Trinajstić information content (AvgIpc) is 3.50. The van der Waals surface area contributed by atoms with E-state index in [0.717, 1.165) is 52.6 Å². The summed E-state index contributed by atoms with van der Waals surface area (Å²) in [6, 6.07) is 14.0. The Morgan fingerprint density at radius 1 is 1.24 bits per heavy atom. The third-order valence-electron chi connectivity index (χ3n) is 6.84. The third kappa shape index (κ3) is 9.32. The highest BCUT2D eigenvalue weighted by Crippen LogP contribution is 2.37. The van der Waals surface area contributed by atoms with E-state index in [0.29, 0.717) is 43.8 Å². The molecule has 3 atom stereocenters. The van der Waals surface area contributed by atoms with Crippen molar-refractivity contribution in [2.45, 2.75) is 66.5 Å². The first-order valence-electron chi connectivity index (χ1n) is 14.5. The van der Waals surface area contributed by atoms with E-state index in [-0.39, 0.29) is 6.10 Å². The van der Waals surface area contributed by atoms with Crippen molar-refractivity contribution in [2.75, 3.05) is 44.7 Å². The molecule has 0 aliphatic carbocycles. The van der Waals surface area contributed by atoms with E-state index in [1.54, 1.807) is 0 Å². The van der Waals surface area contributed by atoms with Gasteiger partial charge >= 0.3 is 0 Å². The first-order chi connectivity index (χ1) is 19.8. The Hall–Kier alpha value is -2.36. The lowest BCUT2D eigenvalue weighted by Crippen LogP contribution is -2.48. The lowest BCUT2D eigenvalue weighted by molar-refractivity contribution is -0.0980. The fourth-order valence-corrected chi connectivity index (χ4v) is 8.22. The van der Waals surface area contributed by atoms with Gasteiger partial charge in [-0.15, -0.1) is 0 Å². The molecule has 4 rings (SSSR count). The van der Waals surface area contributed by atoms with Gasteiger partial charge in [-0.3, -0.25) is 0 Å². The van der Waals surface area contributed by atoms with Crippen molar-refractivity contribution in [1.29, 1.82) is 0 Å². The molecule has 3 unspecified atom stereocenters. The van der Waals surface area contributed by atoms with Crippen LogP contribution < -0.4 is 15.4 Å². The van der Waals surface area contributed by atoms with E-state index in [1.807, 2.05) is 89.2 Å². The quantitative estimate of drug-likeness (QED) is 0.331. The van der Waals surface area contributed by atoms with Crippen molar-refractivity contribution >= 4 is 44.1 Å². The lowest BCUT2D eigenvalue weighted by Gasteiger charge is -2.37. The minimum atomic E-state index is -2.68. The highest BCUT2D eigenvalue weighted by atomic mass is 35.5. The lowest BCUT2D eigenvalue weighted by atomic mass is 10.0. The van der Waals surface area contributed by atoms with Gasteiger partial charge in [-0.1, -0.05) is 56.1 Å². The van der Waals surface area contributed by atoms with Crippen LogP contribution >= 0.6 is 11.6 Å². The number of nitrogens with one attached hydrogen (secondary N) is 2. The standard InChI is InChI=1S/C29H40ClN3O3S.C2H6.CH2O/c1-5-15-37(34,33-13-14-35-26(19-33)20-36-25-9-7-6-8-10-25)29(21(2)3)27-16-23(30)17-28(22(27)4)32-24-11-12-31-18-24;2*1-2/h6-10,15-17,24,26,31-32H,5,11-14,18-20H2,1-4H3;1-2H3;1H2. The molecule has 2 saturated heterocycles. The van der Waals surface area contributed by atoms with Gasteiger partial charge in [0.1, 0.15) is 25.2 Å². The van der Waals surface area contributed by atoms with Crippen LogP contribution in [0.4, 0.5) is 5.69 Å².